The van der Waals surface area contributed by atoms with Crippen molar-refractivity contribution < 1.29 is 28.6 Å². The highest BCUT2D eigenvalue weighted by Crippen LogP contribution is 2.29. The molecular formula is C20H21NO6. The molecule has 0 aliphatic rings. The number of amides is 1. The molecule has 1 atom stereocenters. The van der Waals surface area contributed by atoms with Gasteiger partial charge in [-0.1, -0.05) is 18.2 Å². The van der Waals surface area contributed by atoms with Crippen molar-refractivity contribution in [3.8, 4) is 5.75 Å². The molecule has 0 spiro atoms. The van der Waals surface area contributed by atoms with Gasteiger partial charge in [0.15, 0.2) is 6.04 Å². The molecule has 0 radical (unpaired) electrons. The van der Waals surface area contributed by atoms with Crippen molar-refractivity contribution in [3.63, 3.8) is 0 Å². The van der Waals surface area contributed by atoms with Crippen LogP contribution in [0.25, 0.3) is 0 Å². The molecule has 0 aromatic heterocycles. The summed E-state index contributed by atoms with van der Waals surface area (Å²) >= 11 is 0. The van der Waals surface area contributed by atoms with Crippen molar-refractivity contribution in [2.24, 2.45) is 0 Å². The molecule has 2 aromatic carbocycles. The predicted molar refractivity (Wildman–Crippen MR) is 97.7 cm³/mol. The van der Waals surface area contributed by atoms with Gasteiger partial charge in [0.25, 0.3) is 5.91 Å². The van der Waals surface area contributed by atoms with Gasteiger partial charge in [0, 0.05) is 5.56 Å². The lowest BCUT2D eigenvalue weighted by Gasteiger charge is -2.20. The minimum Gasteiger partial charge on any atom is -0.496 e. The molecule has 1 unspecified atom stereocenters. The molecule has 142 valence electrons. The molecule has 7 nitrogen and oxygen atoms in total. The number of carbonyl (C=O) groups is 3. The molecule has 0 heterocycles. The van der Waals surface area contributed by atoms with E-state index in [2.05, 4.69) is 5.32 Å². The van der Waals surface area contributed by atoms with Gasteiger partial charge in [-0.3, -0.25) is 4.79 Å². The van der Waals surface area contributed by atoms with Crippen LogP contribution in [0.4, 0.5) is 0 Å². The van der Waals surface area contributed by atoms with E-state index in [1.807, 2.05) is 0 Å². The summed E-state index contributed by atoms with van der Waals surface area (Å²) < 4.78 is 14.8. The normalized spacial score (nSPS) is 11.3. The first-order chi connectivity index (χ1) is 12.9. The van der Waals surface area contributed by atoms with Crippen molar-refractivity contribution in [2.75, 3.05) is 21.3 Å². The summed E-state index contributed by atoms with van der Waals surface area (Å²) in [6.45, 7) is 1.71. The first-order valence-corrected chi connectivity index (χ1v) is 8.13. The van der Waals surface area contributed by atoms with E-state index in [0.29, 0.717) is 16.7 Å². The summed E-state index contributed by atoms with van der Waals surface area (Å²) in [7, 11) is 3.90. The highest BCUT2D eigenvalue weighted by molar-refractivity contribution is 5.97. The Morgan fingerprint density at radius 3 is 2.19 bits per heavy atom. The first-order valence-electron chi connectivity index (χ1n) is 8.13. The van der Waals surface area contributed by atoms with Gasteiger partial charge in [0.05, 0.1) is 21.3 Å². The number of methoxy groups -OCH3 is 3. The van der Waals surface area contributed by atoms with E-state index in [0.717, 1.165) is 0 Å². The van der Waals surface area contributed by atoms with Crippen molar-refractivity contribution in [3.05, 3.63) is 64.7 Å². The molecule has 0 saturated heterocycles. The number of ether oxygens (including phenoxy) is 3. The molecule has 0 bridgehead atoms. The van der Waals surface area contributed by atoms with Crippen LogP contribution >= 0.6 is 0 Å². The van der Waals surface area contributed by atoms with Crippen LogP contribution in [-0.4, -0.2) is 39.2 Å². The number of benzene rings is 2. The Morgan fingerprint density at radius 1 is 0.963 bits per heavy atom. The molecule has 0 saturated carbocycles. The van der Waals surface area contributed by atoms with Gasteiger partial charge in [0.2, 0.25) is 0 Å². The van der Waals surface area contributed by atoms with Crippen molar-refractivity contribution >= 4 is 17.8 Å². The fourth-order valence-corrected chi connectivity index (χ4v) is 2.64. The van der Waals surface area contributed by atoms with E-state index in [9.17, 15) is 14.4 Å². The van der Waals surface area contributed by atoms with Gasteiger partial charge >= 0.3 is 11.9 Å². The van der Waals surface area contributed by atoms with Crippen LogP contribution in [0.5, 0.6) is 5.75 Å². The van der Waals surface area contributed by atoms with Crippen LogP contribution in [0.1, 0.15) is 37.9 Å². The molecule has 0 aliphatic carbocycles. The molecule has 0 fully saturated rings. The van der Waals surface area contributed by atoms with Crippen molar-refractivity contribution in [1.82, 2.24) is 5.32 Å². The number of hydrogen-bond acceptors (Lipinski definition) is 6. The largest absolute Gasteiger partial charge is 0.496 e. The van der Waals surface area contributed by atoms with Gasteiger partial charge in [-0.05, 0) is 42.3 Å². The van der Waals surface area contributed by atoms with E-state index in [4.69, 9.17) is 14.2 Å². The maximum Gasteiger partial charge on any atom is 0.341 e. The molecule has 1 N–H and O–H groups in total. The summed E-state index contributed by atoms with van der Waals surface area (Å²) in [5.74, 6) is -1.41. The second-order valence-electron chi connectivity index (χ2n) is 5.70. The summed E-state index contributed by atoms with van der Waals surface area (Å²) in [4.78, 5) is 36.8. The Labute approximate surface area is 157 Å². The molecule has 2 aromatic rings. The molecule has 27 heavy (non-hydrogen) atoms. The monoisotopic (exact) mass is 371 g/mol. The van der Waals surface area contributed by atoms with Gasteiger partial charge in [-0.15, -0.1) is 0 Å². The van der Waals surface area contributed by atoms with Crippen LogP contribution in [0, 0.1) is 6.92 Å². The third kappa shape index (κ3) is 4.44. The zero-order valence-electron chi connectivity index (χ0n) is 15.6. The maximum atomic E-state index is 12.5. The summed E-state index contributed by atoms with van der Waals surface area (Å²) in [5, 5.41) is 2.67. The van der Waals surface area contributed by atoms with E-state index in [1.165, 1.54) is 27.4 Å². The summed E-state index contributed by atoms with van der Waals surface area (Å²) in [6, 6.07) is 10.5. The minimum absolute atomic E-state index is 0.222. The molecule has 1 amide bonds. The Hall–Kier alpha value is -3.35. The van der Waals surface area contributed by atoms with Crippen LogP contribution < -0.4 is 10.1 Å². The number of carbonyl (C=O) groups excluding carboxylic acids is 3. The Kier molecular flexibility index (Phi) is 6.54. The van der Waals surface area contributed by atoms with Gasteiger partial charge in [0.1, 0.15) is 11.3 Å². The number of hydrogen-bond donors (Lipinski definition) is 1. The highest BCUT2D eigenvalue weighted by Gasteiger charge is 2.28. The average molecular weight is 371 g/mol. The van der Waals surface area contributed by atoms with Gasteiger partial charge in [-0.2, -0.15) is 0 Å². The predicted octanol–water partition coefficient (Wildman–Crippen LogP) is 2.43. The lowest BCUT2D eigenvalue weighted by molar-refractivity contribution is -0.143. The SMILES string of the molecule is COC(=O)c1cc(C)c(C(NC(=O)c2ccccc2)C(=O)OC)cc1OC. The van der Waals surface area contributed by atoms with E-state index >= 15 is 0 Å². The zero-order valence-corrected chi connectivity index (χ0v) is 15.6. The molecule has 7 heteroatoms. The summed E-state index contributed by atoms with van der Waals surface area (Å²) in [6.07, 6.45) is 0. The van der Waals surface area contributed by atoms with Gasteiger partial charge in [-0.25, -0.2) is 9.59 Å². The second kappa shape index (κ2) is 8.84. The fraction of sp³-hybridized carbons (Fsp3) is 0.250. The lowest BCUT2D eigenvalue weighted by Crippen LogP contribution is -2.35. The topological polar surface area (TPSA) is 90.9 Å². The zero-order chi connectivity index (χ0) is 20.0. The summed E-state index contributed by atoms with van der Waals surface area (Å²) in [5.41, 5.74) is 1.68. The second-order valence-corrected chi connectivity index (χ2v) is 5.70. The first kappa shape index (κ1) is 20.0. The molecule has 0 aliphatic heterocycles. The number of nitrogens with one attached hydrogen (secondary N) is 1. The number of esters is 2. The lowest BCUT2D eigenvalue weighted by atomic mass is 9.97. The van der Waals surface area contributed by atoms with Crippen LogP contribution in [0.2, 0.25) is 0 Å². The standard InChI is InChI=1S/C20H21NO6/c1-12-10-15(19(23)26-3)16(25-2)11-14(12)17(20(24)27-4)21-18(22)13-8-6-5-7-9-13/h5-11,17H,1-4H3,(H,21,22). The minimum atomic E-state index is -1.07. The third-order valence-electron chi connectivity index (χ3n) is 4.05. The maximum absolute atomic E-state index is 12.5. The Morgan fingerprint density at radius 2 is 1.63 bits per heavy atom. The van der Waals surface area contributed by atoms with Crippen molar-refractivity contribution in [1.29, 1.82) is 0 Å². The third-order valence-corrected chi connectivity index (χ3v) is 4.05. The van der Waals surface area contributed by atoms with E-state index in [1.54, 1.807) is 43.3 Å². The average Bonchev–Trinajstić information content (AvgIpc) is 2.71. The Balaban J connectivity index is 2.46. The van der Waals surface area contributed by atoms with Crippen LogP contribution in [0.15, 0.2) is 42.5 Å². The fourth-order valence-electron chi connectivity index (χ4n) is 2.64. The molecule has 2 rings (SSSR count). The van der Waals surface area contributed by atoms with Crippen molar-refractivity contribution in [2.45, 2.75) is 13.0 Å². The highest BCUT2D eigenvalue weighted by atomic mass is 16.5. The van der Waals surface area contributed by atoms with Crippen LogP contribution in [0.3, 0.4) is 0 Å². The van der Waals surface area contributed by atoms with Gasteiger partial charge < -0.3 is 19.5 Å². The van der Waals surface area contributed by atoms with E-state index in [-0.39, 0.29) is 11.3 Å². The number of aryl methyl sites for hydroxylation is 1. The smallest absolute Gasteiger partial charge is 0.341 e. The quantitative estimate of drug-likeness (QED) is 0.785. The molecular weight excluding hydrogens is 350 g/mol. The number of rotatable bonds is 6. The Bertz CT molecular complexity index is 847. The van der Waals surface area contributed by atoms with Crippen LogP contribution in [-0.2, 0) is 14.3 Å². The van der Waals surface area contributed by atoms with E-state index < -0.39 is 23.9 Å².